The molecule has 0 atom stereocenters. The highest BCUT2D eigenvalue weighted by molar-refractivity contribution is 7.22. The molecule has 0 aliphatic rings. The van der Waals surface area contributed by atoms with Gasteiger partial charge in [-0.1, -0.05) is 29.5 Å². The molecule has 0 amide bonds. The van der Waals surface area contributed by atoms with E-state index in [1.807, 2.05) is 36.4 Å². The van der Waals surface area contributed by atoms with E-state index in [4.69, 9.17) is 10.2 Å². The lowest BCUT2D eigenvalue weighted by Crippen LogP contribution is -1.87. The molecule has 4 aromatic rings. The van der Waals surface area contributed by atoms with Crippen LogP contribution in [0, 0.1) is 0 Å². The summed E-state index contributed by atoms with van der Waals surface area (Å²) in [6.45, 7) is 0. The van der Waals surface area contributed by atoms with Crippen molar-refractivity contribution in [2.75, 3.05) is 5.73 Å². The van der Waals surface area contributed by atoms with Crippen LogP contribution in [0.1, 0.15) is 11.5 Å². The fourth-order valence-electron chi connectivity index (χ4n) is 2.27. The lowest BCUT2D eigenvalue weighted by molar-refractivity contribution is 0.544. The summed E-state index contributed by atoms with van der Waals surface area (Å²) in [6.07, 6.45) is 0.669. The summed E-state index contributed by atoms with van der Waals surface area (Å²) in [5, 5.41) is 0.596. The molecular formula is C15H11N3OS. The van der Waals surface area contributed by atoms with Crippen molar-refractivity contribution in [3.63, 3.8) is 0 Å². The Labute approximate surface area is 118 Å². The van der Waals surface area contributed by atoms with Gasteiger partial charge in [0.2, 0.25) is 0 Å². The Morgan fingerprint density at radius 3 is 2.85 bits per heavy atom. The second-order valence-corrected chi connectivity index (χ2v) is 5.67. The summed E-state index contributed by atoms with van der Waals surface area (Å²) < 4.78 is 6.83. The van der Waals surface area contributed by atoms with Gasteiger partial charge < -0.3 is 10.2 Å². The minimum absolute atomic E-state index is 0.596. The van der Waals surface area contributed by atoms with Gasteiger partial charge in [0.05, 0.1) is 10.2 Å². The molecule has 0 saturated carbocycles. The number of rotatable bonds is 2. The van der Waals surface area contributed by atoms with E-state index < -0.39 is 0 Å². The zero-order chi connectivity index (χ0) is 13.5. The van der Waals surface area contributed by atoms with Gasteiger partial charge in [0, 0.05) is 6.42 Å². The molecule has 20 heavy (non-hydrogen) atoms. The summed E-state index contributed by atoms with van der Waals surface area (Å²) in [7, 11) is 0. The second kappa shape index (κ2) is 4.31. The first-order chi connectivity index (χ1) is 9.78. The third-order valence-corrected chi connectivity index (χ3v) is 4.01. The molecule has 0 radical (unpaired) electrons. The van der Waals surface area contributed by atoms with E-state index >= 15 is 0 Å². The van der Waals surface area contributed by atoms with Crippen molar-refractivity contribution < 1.29 is 4.42 Å². The number of nitrogens with zero attached hydrogens (tertiary/aromatic N) is 2. The molecule has 0 bridgehead atoms. The molecule has 98 valence electrons. The monoisotopic (exact) mass is 281 g/mol. The largest absolute Gasteiger partial charge is 0.440 e. The average Bonchev–Trinajstić information content (AvgIpc) is 2.99. The molecule has 0 spiro atoms. The van der Waals surface area contributed by atoms with E-state index in [2.05, 4.69) is 16.0 Å². The van der Waals surface area contributed by atoms with Crippen molar-refractivity contribution in [3.05, 3.63) is 53.9 Å². The first-order valence-corrected chi connectivity index (χ1v) is 7.09. The third-order valence-electron chi connectivity index (χ3n) is 3.16. The zero-order valence-electron chi connectivity index (χ0n) is 10.5. The molecule has 0 unspecified atom stereocenters. The Morgan fingerprint density at radius 2 is 1.95 bits per heavy atom. The molecule has 0 fully saturated rings. The number of anilines is 1. The summed E-state index contributed by atoms with van der Waals surface area (Å²) in [5.74, 6) is 0.725. The standard InChI is InChI=1S/C15H11N3OS/c16-15-18-11-6-5-9(7-13(11)20-15)8-14-17-10-3-1-2-4-12(10)19-14/h1-7H,8H2,(H2,16,18). The number of oxazole rings is 1. The highest BCUT2D eigenvalue weighted by Gasteiger charge is 2.08. The molecule has 0 aliphatic carbocycles. The van der Waals surface area contributed by atoms with Crippen LogP contribution in [-0.4, -0.2) is 9.97 Å². The first-order valence-electron chi connectivity index (χ1n) is 6.27. The van der Waals surface area contributed by atoms with Gasteiger partial charge in [0.15, 0.2) is 16.6 Å². The number of benzene rings is 2. The number of hydrogen-bond donors (Lipinski definition) is 1. The molecule has 2 N–H and O–H groups in total. The molecule has 2 heterocycles. The Kier molecular flexibility index (Phi) is 2.47. The molecule has 0 aliphatic heterocycles. The van der Waals surface area contributed by atoms with Crippen LogP contribution in [0.5, 0.6) is 0 Å². The fraction of sp³-hybridized carbons (Fsp3) is 0.0667. The van der Waals surface area contributed by atoms with Crippen LogP contribution in [0.25, 0.3) is 21.3 Å². The maximum absolute atomic E-state index is 5.74. The average molecular weight is 281 g/mol. The van der Waals surface area contributed by atoms with Crippen LogP contribution >= 0.6 is 11.3 Å². The van der Waals surface area contributed by atoms with Crippen LogP contribution in [0.3, 0.4) is 0 Å². The Bertz CT molecular complexity index is 877. The fourth-order valence-corrected chi connectivity index (χ4v) is 3.06. The molecule has 5 heteroatoms. The van der Waals surface area contributed by atoms with Gasteiger partial charge in [0.1, 0.15) is 5.52 Å². The van der Waals surface area contributed by atoms with Gasteiger partial charge >= 0.3 is 0 Å². The second-order valence-electron chi connectivity index (χ2n) is 4.61. The van der Waals surface area contributed by atoms with Crippen LogP contribution in [-0.2, 0) is 6.42 Å². The molecule has 2 aromatic heterocycles. The van der Waals surface area contributed by atoms with Crippen LogP contribution < -0.4 is 5.73 Å². The highest BCUT2D eigenvalue weighted by Crippen LogP contribution is 2.26. The van der Waals surface area contributed by atoms with Crippen LogP contribution in [0.4, 0.5) is 5.13 Å². The molecule has 0 saturated heterocycles. The van der Waals surface area contributed by atoms with Crippen molar-refractivity contribution >= 4 is 37.8 Å². The third kappa shape index (κ3) is 1.92. The minimum atomic E-state index is 0.596. The van der Waals surface area contributed by atoms with E-state index in [0.717, 1.165) is 32.8 Å². The lowest BCUT2D eigenvalue weighted by Gasteiger charge is -1.96. The van der Waals surface area contributed by atoms with E-state index in [1.165, 1.54) is 11.3 Å². The smallest absolute Gasteiger partial charge is 0.199 e. The van der Waals surface area contributed by atoms with E-state index in [-0.39, 0.29) is 0 Å². The number of nitrogen functional groups attached to an aromatic ring is 1. The van der Waals surface area contributed by atoms with Crippen LogP contribution in [0.15, 0.2) is 46.9 Å². The number of nitrogens with two attached hydrogens (primary N) is 1. The minimum Gasteiger partial charge on any atom is -0.440 e. The van der Waals surface area contributed by atoms with E-state index in [1.54, 1.807) is 0 Å². The number of thiazole rings is 1. The van der Waals surface area contributed by atoms with Crippen molar-refractivity contribution in [1.82, 2.24) is 9.97 Å². The number of hydrogen-bond acceptors (Lipinski definition) is 5. The maximum Gasteiger partial charge on any atom is 0.199 e. The van der Waals surface area contributed by atoms with Gasteiger partial charge in [-0.3, -0.25) is 0 Å². The summed E-state index contributed by atoms with van der Waals surface area (Å²) in [5.41, 5.74) is 9.52. The lowest BCUT2D eigenvalue weighted by atomic mass is 10.1. The molecular weight excluding hydrogens is 270 g/mol. The van der Waals surface area contributed by atoms with Crippen molar-refractivity contribution in [1.29, 1.82) is 0 Å². The number of para-hydroxylation sites is 2. The predicted molar refractivity (Wildman–Crippen MR) is 80.8 cm³/mol. The quantitative estimate of drug-likeness (QED) is 0.609. The van der Waals surface area contributed by atoms with Gasteiger partial charge in [-0.2, -0.15) is 0 Å². The SMILES string of the molecule is Nc1nc2ccc(Cc3nc4ccccc4o3)cc2s1. The summed E-state index contributed by atoms with van der Waals surface area (Å²) in [6, 6.07) is 13.9. The highest BCUT2D eigenvalue weighted by atomic mass is 32.1. The summed E-state index contributed by atoms with van der Waals surface area (Å²) in [4.78, 5) is 8.74. The topological polar surface area (TPSA) is 64.9 Å². The Hall–Kier alpha value is -2.40. The Morgan fingerprint density at radius 1 is 1.05 bits per heavy atom. The van der Waals surface area contributed by atoms with Gasteiger partial charge in [-0.05, 0) is 29.8 Å². The van der Waals surface area contributed by atoms with Gasteiger partial charge in [0.25, 0.3) is 0 Å². The van der Waals surface area contributed by atoms with Crippen LogP contribution in [0.2, 0.25) is 0 Å². The number of fused-ring (bicyclic) bond motifs is 2. The van der Waals surface area contributed by atoms with E-state index in [0.29, 0.717) is 11.6 Å². The summed E-state index contributed by atoms with van der Waals surface area (Å²) >= 11 is 1.50. The van der Waals surface area contributed by atoms with Gasteiger partial charge in [-0.15, -0.1) is 0 Å². The van der Waals surface area contributed by atoms with Gasteiger partial charge in [-0.25, -0.2) is 9.97 Å². The molecule has 4 nitrogen and oxygen atoms in total. The van der Waals surface area contributed by atoms with Crippen molar-refractivity contribution in [2.45, 2.75) is 6.42 Å². The predicted octanol–water partition coefficient (Wildman–Crippen LogP) is 3.61. The molecule has 4 rings (SSSR count). The van der Waals surface area contributed by atoms with Crippen molar-refractivity contribution in [2.24, 2.45) is 0 Å². The maximum atomic E-state index is 5.74. The molecule has 2 aromatic carbocycles. The normalized spacial score (nSPS) is 11.4. The number of aromatic nitrogens is 2. The Balaban J connectivity index is 1.72. The van der Waals surface area contributed by atoms with Crippen molar-refractivity contribution in [3.8, 4) is 0 Å². The first kappa shape index (κ1) is 11.4. The van der Waals surface area contributed by atoms with E-state index in [9.17, 15) is 0 Å². The zero-order valence-corrected chi connectivity index (χ0v) is 11.4.